The Labute approximate surface area is 151 Å². The average Bonchev–Trinajstić information content (AvgIpc) is 3.16. The molecule has 0 saturated heterocycles. The highest BCUT2D eigenvalue weighted by Gasteiger charge is 2.39. The highest BCUT2D eigenvalue weighted by molar-refractivity contribution is 6.25. The fraction of sp³-hybridized carbons (Fsp3) is 0.125. The van der Waals surface area contributed by atoms with Gasteiger partial charge in [-0.05, 0) is 45.2 Å². The van der Waals surface area contributed by atoms with Gasteiger partial charge in [-0.15, -0.1) is 0 Å². The highest BCUT2D eigenvalue weighted by atomic mass is 14.7. The molecule has 1 aliphatic carbocycles. The maximum atomic E-state index is 4.43. The van der Waals surface area contributed by atoms with Crippen molar-refractivity contribution in [3.05, 3.63) is 78.1 Å². The molecule has 1 aliphatic rings. The molecule has 26 heavy (non-hydrogen) atoms. The Kier molecular flexibility index (Phi) is 2.45. The van der Waals surface area contributed by atoms with Crippen LogP contribution in [0.1, 0.15) is 25.0 Å². The molecular formula is C24H18N2. The van der Waals surface area contributed by atoms with Crippen molar-refractivity contribution in [3.8, 4) is 11.1 Å². The molecule has 2 heteroatoms. The fourth-order valence-corrected chi connectivity index (χ4v) is 4.94. The van der Waals surface area contributed by atoms with Crippen LogP contribution in [0.2, 0.25) is 0 Å². The normalized spacial score (nSPS) is 14.8. The van der Waals surface area contributed by atoms with Crippen LogP contribution in [0.4, 0.5) is 0 Å². The van der Waals surface area contributed by atoms with Gasteiger partial charge in [0.2, 0.25) is 0 Å². The van der Waals surface area contributed by atoms with Gasteiger partial charge < -0.3 is 4.98 Å². The fourth-order valence-electron chi connectivity index (χ4n) is 4.94. The van der Waals surface area contributed by atoms with Crippen molar-refractivity contribution < 1.29 is 0 Å². The Hall–Kier alpha value is -3.13. The number of aromatic nitrogens is 2. The number of nitrogens with one attached hydrogen (secondary N) is 1. The van der Waals surface area contributed by atoms with Crippen molar-refractivity contribution in [1.29, 1.82) is 0 Å². The predicted octanol–water partition coefficient (Wildman–Crippen LogP) is 6.18. The number of aromatic amines is 1. The number of H-pyrrole nitrogens is 1. The van der Waals surface area contributed by atoms with Crippen LogP contribution in [0.15, 0.2) is 67.0 Å². The first-order valence-electron chi connectivity index (χ1n) is 9.08. The molecule has 5 aromatic rings. The van der Waals surface area contributed by atoms with E-state index < -0.39 is 0 Å². The van der Waals surface area contributed by atoms with Crippen LogP contribution < -0.4 is 0 Å². The van der Waals surface area contributed by atoms with E-state index in [-0.39, 0.29) is 5.41 Å². The molecule has 6 rings (SSSR count). The minimum Gasteiger partial charge on any atom is -0.354 e. The van der Waals surface area contributed by atoms with Crippen LogP contribution in [0, 0.1) is 0 Å². The van der Waals surface area contributed by atoms with Crippen LogP contribution in [0.25, 0.3) is 43.7 Å². The van der Waals surface area contributed by atoms with Gasteiger partial charge in [0.15, 0.2) is 0 Å². The molecule has 0 radical (unpaired) electrons. The minimum absolute atomic E-state index is 0.0813. The van der Waals surface area contributed by atoms with Gasteiger partial charge in [-0.3, -0.25) is 4.98 Å². The maximum Gasteiger partial charge on any atom is 0.0519 e. The standard InChI is InChI=1S/C24H18N2/c1-24(2)18-13-25-12-11-16(18)20-14-7-3-4-8-15(14)21-17-9-5-6-10-19(17)26-23(21)22(20)24/h3-13,26H,1-2H3. The van der Waals surface area contributed by atoms with Gasteiger partial charge in [0.25, 0.3) is 0 Å². The first-order chi connectivity index (χ1) is 12.7. The molecule has 3 aromatic carbocycles. The van der Waals surface area contributed by atoms with Crippen LogP contribution >= 0.6 is 0 Å². The number of rotatable bonds is 0. The number of hydrogen-bond donors (Lipinski definition) is 1. The molecule has 0 amide bonds. The number of pyridine rings is 1. The van der Waals surface area contributed by atoms with E-state index in [0.717, 1.165) is 0 Å². The Morgan fingerprint density at radius 2 is 1.58 bits per heavy atom. The van der Waals surface area contributed by atoms with E-state index in [9.17, 15) is 0 Å². The number of fused-ring (bicyclic) bond motifs is 10. The summed E-state index contributed by atoms with van der Waals surface area (Å²) >= 11 is 0. The summed E-state index contributed by atoms with van der Waals surface area (Å²) in [6.45, 7) is 4.64. The third kappa shape index (κ3) is 1.51. The number of benzene rings is 3. The van der Waals surface area contributed by atoms with E-state index in [4.69, 9.17) is 0 Å². The monoisotopic (exact) mass is 334 g/mol. The zero-order valence-electron chi connectivity index (χ0n) is 14.8. The molecular weight excluding hydrogens is 316 g/mol. The van der Waals surface area contributed by atoms with Crippen molar-refractivity contribution in [2.24, 2.45) is 0 Å². The van der Waals surface area contributed by atoms with Gasteiger partial charge in [-0.2, -0.15) is 0 Å². The van der Waals surface area contributed by atoms with Crippen molar-refractivity contribution in [2.75, 3.05) is 0 Å². The number of nitrogens with zero attached hydrogens (tertiary/aromatic N) is 1. The van der Waals surface area contributed by atoms with Crippen LogP contribution in [-0.2, 0) is 5.41 Å². The Morgan fingerprint density at radius 1 is 0.846 bits per heavy atom. The van der Waals surface area contributed by atoms with Gasteiger partial charge in [-0.1, -0.05) is 56.3 Å². The molecule has 0 bridgehead atoms. The molecule has 0 atom stereocenters. The van der Waals surface area contributed by atoms with Crippen molar-refractivity contribution in [1.82, 2.24) is 9.97 Å². The minimum atomic E-state index is -0.0813. The van der Waals surface area contributed by atoms with Gasteiger partial charge in [0.05, 0.1) is 5.52 Å². The van der Waals surface area contributed by atoms with E-state index in [1.54, 1.807) is 0 Å². The highest BCUT2D eigenvalue weighted by Crippen LogP contribution is 2.54. The topological polar surface area (TPSA) is 28.7 Å². The molecule has 1 N–H and O–H groups in total. The number of para-hydroxylation sites is 1. The van der Waals surface area contributed by atoms with Crippen LogP contribution in [-0.4, -0.2) is 9.97 Å². The largest absolute Gasteiger partial charge is 0.354 e. The van der Waals surface area contributed by atoms with E-state index in [2.05, 4.69) is 78.4 Å². The lowest BCUT2D eigenvalue weighted by atomic mass is 9.81. The molecule has 124 valence electrons. The lowest BCUT2D eigenvalue weighted by Crippen LogP contribution is -2.15. The molecule has 0 spiro atoms. The Morgan fingerprint density at radius 3 is 2.42 bits per heavy atom. The lowest BCUT2D eigenvalue weighted by molar-refractivity contribution is 0.662. The first kappa shape index (κ1) is 14.1. The molecule has 2 nitrogen and oxygen atoms in total. The summed E-state index contributed by atoms with van der Waals surface area (Å²) < 4.78 is 0. The SMILES string of the molecule is CC1(C)c2cnccc2-c2c1c1[nH]c3ccccc3c1c1ccccc21. The molecule has 0 aliphatic heterocycles. The zero-order chi connectivity index (χ0) is 17.5. The van der Waals surface area contributed by atoms with E-state index in [1.807, 2.05) is 12.4 Å². The Balaban J connectivity index is 1.98. The second kappa shape index (κ2) is 4.53. The van der Waals surface area contributed by atoms with Gasteiger partial charge in [-0.25, -0.2) is 0 Å². The molecule has 2 aromatic heterocycles. The Bertz CT molecular complexity index is 1360. The first-order valence-corrected chi connectivity index (χ1v) is 9.08. The van der Waals surface area contributed by atoms with Crippen molar-refractivity contribution in [3.63, 3.8) is 0 Å². The average molecular weight is 334 g/mol. The summed E-state index contributed by atoms with van der Waals surface area (Å²) in [5.74, 6) is 0. The summed E-state index contributed by atoms with van der Waals surface area (Å²) in [5.41, 5.74) is 7.77. The van der Waals surface area contributed by atoms with E-state index >= 15 is 0 Å². The second-order valence-corrected chi connectivity index (χ2v) is 7.76. The zero-order valence-corrected chi connectivity index (χ0v) is 14.8. The summed E-state index contributed by atoms with van der Waals surface area (Å²) in [6, 6.07) is 19.6. The van der Waals surface area contributed by atoms with Gasteiger partial charge >= 0.3 is 0 Å². The quantitative estimate of drug-likeness (QED) is 0.360. The van der Waals surface area contributed by atoms with E-state index in [0.29, 0.717) is 0 Å². The maximum absolute atomic E-state index is 4.43. The summed E-state index contributed by atoms with van der Waals surface area (Å²) in [6.07, 6.45) is 3.95. The van der Waals surface area contributed by atoms with E-state index in [1.165, 1.54) is 54.8 Å². The van der Waals surface area contributed by atoms with Gasteiger partial charge in [0.1, 0.15) is 0 Å². The summed E-state index contributed by atoms with van der Waals surface area (Å²) in [7, 11) is 0. The van der Waals surface area contributed by atoms with Crippen molar-refractivity contribution in [2.45, 2.75) is 19.3 Å². The smallest absolute Gasteiger partial charge is 0.0519 e. The number of hydrogen-bond acceptors (Lipinski definition) is 1. The second-order valence-electron chi connectivity index (χ2n) is 7.76. The molecule has 0 fully saturated rings. The van der Waals surface area contributed by atoms with Crippen LogP contribution in [0.5, 0.6) is 0 Å². The third-order valence-electron chi connectivity index (χ3n) is 6.06. The summed E-state index contributed by atoms with van der Waals surface area (Å²) in [4.78, 5) is 8.17. The van der Waals surface area contributed by atoms with Crippen molar-refractivity contribution >= 4 is 32.6 Å². The third-order valence-corrected chi connectivity index (χ3v) is 6.06. The molecule has 0 unspecified atom stereocenters. The molecule has 2 heterocycles. The predicted molar refractivity (Wildman–Crippen MR) is 109 cm³/mol. The van der Waals surface area contributed by atoms with Gasteiger partial charge in [0, 0.05) is 34.1 Å². The van der Waals surface area contributed by atoms with Crippen LogP contribution in [0.3, 0.4) is 0 Å². The summed E-state index contributed by atoms with van der Waals surface area (Å²) in [5, 5.41) is 5.28. The lowest BCUT2D eigenvalue weighted by Gasteiger charge is -2.22. The molecule has 0 saturated carbocycles.